The van der Waals surface area contributed by atoms with Crippen molar-refractivity contribution in [2.24, 2.45) is 0 Å². The van der Waals surface area contributed by atoms with Gasteiger partial charge in [-0.15, -0.1) is 0 Å². The minimum absolute atomic E-state index is 0.126. The molecule has 1 rings (SSSR count). The number of hydrogen-bond acceptors (Lipinski definition) is 2. The van der Waals surface area contributed by atoms with Gasteiger partial charge in [0.25, 0.3) is 0 Å². The SMILES string of the molecule is CCOC(C(=O)CCCC(F)(F)F)c1ccccc1. The molecule has 106 valence electrons. The van der Waals surface area contributed by atoms with Crippen LogP contribution in [0.4, 0.5) is 13.2 Å². The zero-order chi connectivity index (χ0) is 14.3. The lowest BCUT2D eigenvalue weighted by atomic mass is 10.0. The predicted molar refractivity (Wildman–Crippen MR) is 65.7 cm³/mol. The highest BCUT2D eigenvalue weighted by atomic mass is 19.4. The van der Waals surface area contributed by atoms with Gasteiger partial charge >= 0.3 is 6.18 Å². The molecule has 0 N–H and O–H groups in total. The van der Waals surface area contributed by atoms with Crippen molar-refractivity contribution in [2.75, 3.05) is 6.61 Å². The number of hydrogen-bond donors (Lipinski definition) is 0. The summed E-state index contributed by atoms with van der Waals surface area (Å²) in [7, 11) is 0. The summed E-state index contributed by atoms with van der Waals surface area (Å²) >= 11 is 0. The molecule has 19 heavy (non-hydrogen) atoms. The second-order valence-corrected chi connectivity index (χ2v) is 4.18. The van der Waals surface area contributed by atoms with Crippen LogP contribution in [-0.2, 0) is 9.53 Å². The van der Waals surface area contributed by atoms with E-state index in [2.05, 4.69) is 0 Å². The predicted octanol–water partition coefficient (Wildman–Crippen LogP) is 4.07. The van der Waals surface area contributed by atoms with Crippen molar-refractivity contribution >= 4 is 5.78 Å². The minimum atomic E-state index is -4.21. The summed E-state index contributed by atoms with van der Waals surface area (Å²) in [5, 5.41) is 0. The number of ketones is 1. The third-order valence-corrected chi connectivity index (χ3v) is 2.61. The average molecular weight is 274 g/mol. The molecule has 1 atom stereocenters. The Morgan fingerprint density at radius 3 is 2.42 bits per heavy atom. The molecule has 1 aromatic carbocycles. The smallest absolute Gasteiger partial charge is 0.366 e. The van der Waals surface area contributed by atoms with Gasteiger partial charge in [0, 0.05) is 19.4 Å². The van der Waals surface area contributed by atoms with E-state index in [0.717, 1.165) is 0 Å². The topological polar surface area (TPSA) is 26.3 Å². The van der Waals surface area contributed by atoms with E-state index >= 15 is 0 Å². The number of alkyl halides is 3. The van der Waals surface area contributed by atoms with Crippen LogP contribution in [0.3, 0.4) is 0 Å². The molecule has 0 heterocycles. The van der Waals surface area contributed by atoms with Crippen LogP contribution >= 0.6 is 0 Å². The highest BCUT2D eigenvalue weighted by molar-refractivity contribution is 5.84. The molecule has 0 aromatic heterocycles. The highest BCUT2D eigenvalue weighted by Gasteiger charge is 2.28. The number of Topliss-reactive ketones (excluding diaryl/α,β-unsaturated/α-hetero) is 1. The summed E-state index contributed by atoms with van der Waals surface area (Å²) in [5.74, 6) is -0.308. The number of carbonyl (C=O) groups excluding carboxylic acids is 1. The third kappa shape index (κ3) is 5.87. The van der Waals surface area contributed by atoms with Crippen molar-refractivity contribution in [1.29, 1.82) is 0 Å². The molecule has 5 heteroatoms. The summed E-state index contributed by atoms with van der Waals surface area (Å²) in [6.45, 7) is 2.09. The first-order valence-electron chi connectivity index (χ1n) is 6.20. The van der Waals surface area contributed by atoms with E-state index in [4.69, 9.17) is 4.74 Å². The maximum absolute atomic E-state index is 12.0. The second-order valence-electron chi connectivity index (χ2n) is 4.18. The maximum Gasteiger partial charge on any atom is 0.389 e. The van der Waals surface area contributed by atoms with Crippen molar-refractivity contribution in [2.45, 2.75) is 38.5 Å². The van der Waals surface area contributed by atoms with E-state index in [1.807, 2.05) is 0 Å². The molecule has 0 aliphatic heterocycles. The van der Waals surface area contributed by atoms with Gasteiger partial charge in [0.2, 0.25) is 0 Å². The molecule has 0 amide bonds. The van der Waals surface area contributed by atoms with Gasteiger partial charge in [-0.05, 0) is 18.9 Å². The van der Waals surface area contributed by atoms with Crippen LogP contribution in [0, 0.1) is 0 Å². The normalized spacial score (nSPS) is 13.3. The molecule has 0 radical (unpaired) electrons. The van der Waals surface area contributed by atoms with Crippen LogP contribution in [0.15, 0.2) is 30.3 Å². The fourth-order valence-corrected chi connectivity index (χ4v) is 1.76. The molecular weight excluding hydrogens is 257 g/mol. The molecule has 2 nitrogen and oxygen atoms in total. The molecule has 0 saturated carbocycles. The molecule has 0 aliphatic carbocycles. The molecule has 0 spiro atoms. The lowest BCUT2D eigenvalue weighted by Crippen LogP contribution is -2.17. The zero-order valence-electron chi connectivity index (χ0n) is 10.7. The molecule has 1 aromatic rings. The van der Waals surface area contributed by atoms with E-state index in [-0.39, 0.29) is 18.6 Å². The molecule has 0 bridgehead atoms. The Morgan fingerprint density at radius 1 is 1.26 bits per heavy atom. The number of halogens is 3. The van der Waals surface area contributed by atoms with Crippen molar-refractivity contribution < 1.29 is 22.7 Å². The summed E-state index contributed by atoms with van der Waals surface area (Å²) in [4.78, 5) is 11.9. The van der Waals surface area contributed by atoms with Gasteiger partial charge in [-0.2, -0.15) is 13.2 Å². The number of benzene rings is 1. The third-order valence-electron chi connectivity index (χ3n) is 2.61. The zero-order valence-corrected chi connectivity index (χ0v) is 10.7. The van der Waals surface area contributed by atoms with Crippen LogP contribution in [0.25, 0.3) is 0 Å². The Bertz CT molecular complexity index is 387. The standard InChI is InChI=1S/C14H17F3O2/c1-2-19-13(11-7-4-3-5-8-11)12(18)9-6-10-14(15,16)17/h3-5,7-8,13H,2,6,9-10H2,1H3. The van der Waals surface area contributed by atoms with E-state index in [9.17, 15) is 18.0 Å². The van der Waals surface area contributed by atoms with Crippen molar-refractivity contribution in [3.63, 3.8) is 0 Å². The van der Waals surface area contributed by atoms with Gasteiger partial charge in [0.15, 0.2) is 5.78 Å². The van der Waals surface area contributed by atoms with Gasteiger partial charge in [-0.3, -0.25) is 4.79 Å². The summed E-state index contributed by atoms with van der Waals surface area (Å²) in [5.41, 5.74) is 0.682. The monoisotopic (exact) mass is 274 g/mol. The largest absolute Gasteiger partial charge is 0.389 e. The van der Waals surface area contributed by atoms with Crippen LogP contribution in [0.2, 0.25) is 0 Å². The van der Waals surface area contributed by atoms with Crippen molar-refractivity contribution in [3.8, 4) is 0 Å². The van der Waals surface area contributed by atoms with Crippen LogP contribution in [0.1, 0.15) is 37.9 Å². The molecule has 0 saturated heterocycles. The van der Waals surface area contributed by atoms with Gasteiger partial charge in [0.05, 0.1) is 0 Å². The Balaban J connectivity index is 2.59. The number of carbonyl (C=O) groups is 1. The molecule has 1 unspecified atom stereocenters. The van der Waals surface area contributed by atoms with E-state index in [1.165, 1.54) is 0 Å². The van der Waals surface area contributed by atoms with Gasteiger partial charge in [0.1, 0.15) is 6.10 Å². The first-order valence-corrected chi connectivity index (χ1v) is 6.20. The van der Waals surface area contributed by atoms with Crippen LogP contribution in [-0.4, -0.2) is 18.6 Å². The maximum atomic E-state index is 12.0. The average Bonchev–Trinajstić information content (AvgIpc) is 2.35. The quantitative estimate of drug-likeness (QED) is 0.749. The summed E-state index contributed by atoms with van der Waals surface area (Å²) < 4.78 is 41.4. The Hall–Kier alpha value is -1.36. The molecular formula is C14H17F3O2. The van der Waals surface area contributed by atoms with Gasteiger partial charge < -0.3 is 4.74 Å². The lowest BCUT2D eigenvalue weighted by Gasteiger charge is -2.16. The number of rotatable bonds is 7. The Kier molecular flexibility index (Phi) is 6.02. The molecule has 0 aliphatic rings. The van der Waals surface area contributed by atoms with Crippen LogP contribution in [0.5, 0.6) is 0 Å². The Labute approximate surface area is 110 Å². The van der Waals surface area contributed by atoms with Crippen molar-refractivity contribution in [3.05, 3.63) is 35.9 Å². The fourth-order valence-electron chi connectivity index (χ4n) is 1.76. The summed E-state index contributed by atoms with van der Waals surface area (Å²) in [6, 6.07) is 8.82. The van der Waals surface area contributed by atoms with E-state index in [0.29, 0.717) is 12.2 Å². The van der Waals surface area contributed by atoms with E-state index in [1.54, 1.807) is 37.3 Å². The lowest BCUT2D eigenvalue weighted by molar-refractivity contribution is -0.139. The van der Waals surface area contributed by atoms with Gasteiger partial charge in [-0.25, -0.2) is 0 Å². The first kappa shape index (κ1) is 15.7. The minimum Gasteiger partial charge on any atom is -0.366 e. The Morgan fingerprint density at radius 2 is 1.89 bits per heavy atom. The summed E-state index contributed by atoms with van der Waals surface area (Å²) in [6.07, 6.45) is -6.24. The molecule has 0 fully saturated rings. The van der Waals surface area contributed by atoms with E-state index < -0.39 is 18.7 Å². The van der Waals surface area contributed by atoms with Crippen LogP contribution < -0.4 is 0 Å². The fraction of sp³-hybridized carbons (Fsp3) is 0.500. The van der Waals surface area contributed by atoms with Crippen molar-refractivity contribution in [1.82, 2.24) is 0 Å². The second kappa shape index (κ2) is 7.28. The van der Waals surface area contributed by atoms with Gasteiger partial charge in [-0.1, -0.05) is 30.3 Å². The highest BCUT2D eigenvalue weighted by Crippen LogP contribution is 2.25. The first-order chi connectivity index (χ1) is 8.94. The number of ether oxygens (including phenoxy) is 1.